The monoisotopic (exact) mass is 217 g/mol. The Hall–Kier alpha value is -1.10. The summed E-state index contributed by atoms with van der Waals surface area (Å²) in [5.41, 5.74) is 0. The summed E-state index contributed by atoms with van der Waals surface area (Å²) in [7, 11) is 1.51. The van der Waals surface area contributed by atoms with Gasteiger partial charge in [-0.1, -0.05) is 6.92 Å². The van der Waals surface area contributed by atoms with E-state index in [1.165, 1.54) is 11.9 Å². The highest BCUT2D eigenvalue weighted by molar-refractivity contribution is 5.83. The Labute approximate surface area is 90.0 Å². The lowest BCUT2D eigenvalue weighted by Gasteiger charge is -2.23. The van der Waals surface area contributed by atoms with E-state index in [1.807, 2.05) is 6.92 Å². The van der Waals surface area contributed by atoms with E-state index in [1.54, 1.807) is 6.92 Å². The van der Waals surface area contributed by atoms with Crippen LogP contribution in [0.25, 0.3) is 0 Å². The Balaban J connectivity index is 4.10. The number of likely N-dealkylation sites (N-methyl/N-ethyl adjacent to an activating group) is 1. The molecule has 88 valence electrons. The van der Waals surface area contributed by atoms with Crippen molar-refractivity contribution in [1.29, 1.82) is 0 Å². The number of aliphatic carboxylic acids is 1. The summed E-state index contributed by atoms with van der Waals surface area (Å²) in [5.74, 6) is -1.16. The van der Waals surface area contributed by atoms with E-state index in [0.29, 0.717) is 19.6 Å². The average molecular weight is 217 g/mol. The maximum absolute atomic E-state index is 11.5. The number of amides is 1. The fraction of sp³-hybridized carbons (Fsp3) is 0.800. The summed E-state index contributed by atoms with van der Waals surface area (Å²) in [6.45, 7) is 4.49. The second kappa shape index (κ2) is 7.23. The predicted molar refractivity (Wildman–Crippen MR) is 55.6 cm³/mol. The Morgan fingerprint density at radius 1 is 1.40 bits per heavy atom. The van der Waals surface area contributed by atoms with Crippen LogP contribution >= 0.6 is 0 Å². The van der Waals surface area contributed by atoms with Crippen molar-refractivity contribution in [3.05, 3.63) is 0 Å². The van der Waals surface area contributed by atoms with E-state index >= 15 is 0 Å². The normalized spacial score (nSPS) is 12.2. The molecule has 1 atom stereocenters. The summed E-state index contributed by atoms with van der Waals surface area (Å²) in [4.78, 5) is 23.6. The molecular formula is C10H19NO4. The van der Waals surface area contributed by atoms with Gasteiger partial charge >= 0.3 is 5.97 Å². The van der Waals surface area contributed by atoms with Crippen LogP contribution in [-0.4, -0.2) is 48.2 Å². The van der Waals surface area contributed by atoms with Crippen molar-refractivity contribution in [3.63, 3.8) is 0 Å². The van der Waals surface area contributed by atoms with Crippen LogP contribution in [0.3, 0.4) is 0 Å². The molecule has 1 N–H and O–H groups in total. The SMILES string of the molecule is CCOCCC(=O)N(C)C(CC)C(=O)O. The third kappa shape index (κ3) is 4.78. The van der Waals surface area contributed by atoms with E-state index in [2.05, 4.69) is 0 Å². The molecule has 0 radical (unpaired) electrons. The van der Waals surface area contributed by atoms with Gasteiger partial charge in [-0.05, 0) is 13.3 Å². The number of hydrogen-bond acceptors (Lipinski definition) is 3. The zero-order valence-corrected chi connectivity index (χ0v) is 9.52. The summed E-state index contributed by atoms with van der Waals surface area (Å²) in [6.07, 6.45) is 0.639. The molecular weight excluding hydrogens is 198 g/mol. The molecule has 1 unspecified atom stereocenters. The minimum atomic E-state index is -0.968. The maximum atomic E-state index is 11.5. The molecule has 0 rings (SSSR count). The van der Waals surface area contributed by atoms with Gasteiger partial charge in [-0.25, -0.2) is 4.79 Å². The van der Waals surface area contributed by atoms with Gasteiger partial charge in [-0.15, -0.1) is 0 Å². The quantitative estimate of drug-likeness (QED) is 0.638. The number of rotatable bonds is 7. The fourth-order valence-corrected chi connectivity index (χ4v) is 1.27. The molecule has 0 bridgehead atoms. The molecule has 15 heavy (non-hydrogen) atoms. The smallest absolute Gasteiger partial charge is 0.326 e. The Kier molecular flexibility index (Phi) is 6.70. The number of nitrogens with zero attached hydrogens (tertiary/aromatic N) is 1. The lowest BCUT2D eigenvalue weighted by Crippen LogP contribution is -2.42. The second-order valence-electron chi connectivity index (χ2n) is 3.21. The molecule has 0 aromatic rings. The topological polar surface area (TPSA) is 66.8 Å². The van der Waals surface area contributed by atoms with Gasteiger partial charge in [0.1, 0.15) is 6.04 Å². The van der Waals surface area contributed by atoms with Crippen LogP contribution < -0.4 is 0 Å². The molecule has 0 aromatic heterocycles. The highest BCUT2D eigenvalue weighted by Gasteiger charge is 2.23. The van der Waals surface area contributed by atoms with Crippen LogP contribution in [0.1, 0.15) is 26.7 Å². The molecule has 0 fully saturated rings. The van der Waals surface area contributed by atoms with Gasteiger partial charge < -0.3 is 14.7 Å². The van der Waals surface area contributed by atoms with Gasteiger partial charge in [0.05, 0.1) is 13.0 Å². The third-order valence-electron chi connectivity index (χ3n) is 2.20. The average Bonchev–Trinajstić information content (AvgIpc) is 2.18. The number of carboxylic acids is 1. The lowest BCUT2D eigenvalue weighted by molar-refractivity contribution is -0.149. The first-order valence-electron chi connectivity index (χ1n) is 5.10. The van der Waals surface area contributed by atoms with Crippen LogP contribution in [0.15, 0.2) is 0 Å². The van der Waals surface area contributed by atoms with Crippen molar-refractivity contribution >= 4 is 11.9 Å². The molecule has 0 spiro atoms. The predicted octanol–water partition coefficient (Wildman–Crippen LogP) is 0.735. The van der Waals surface area contributed by atoms with Gasteiger partial charge in [-0.3, -0.25) is 4.79 Å². The van der Waals surface area contributed by atoms with Crippen molar-refractivity contribution in [1.82, 2.24) is 4.90 Å². The number of carbonyl (C=O) groups excluding carboxylic acids is 1. The van der Waals surface area contributed by atoms with Crippen molar-refractivity contribution < 1.29 is 19.4 Å². The summed E-state index contributed by atoms with van der Waals surface area (Å²) < 4.78 is 5.03. The molecule has 0 aromatic carbocycles. The Morgan fingerprint density at radius 2 is 2.00 bits per heavy atom. The third-order valence-corrected chi connectivity index (χ3v) is 2.20. The van der Waals surface area contributed by atoms with Crippen molar-refractivity contribution in [2.24, 2.45) is 0 Å². The van der Waals surface area contributed by atoms with E-state index in [9.17, 15) is 9.59 Å². The van der Waals surface area contributed by atoms with Crippen LogP contribution in [0.2, 0.25) is 0 Å². The highest BCUT2D eigenvalue weighted by Crippen LogP contribution is 2.04. The molecule has 0 saturated heterocycles. The molecule has 0 heterocycles. The van der Waals surface area contributed by atoms with Crippen molar-refractivity contribution in [2.75, 3.05) is 20.3 Å². The van der Waals surface area contributed by atoms with E-state index in [4.69, 9.17) is 9.84 Å². The van der Waals surface area contributed by atoms with Crippen LogP contribution in [-0.2, 0) is 14.3 Å². The van der Waals surface area contributed by atoms with Gasteiger partial charge in [0.15, 0.2) is 0 Å². The molecule has 0 aliphatic heterocycles. The zero-order valence-electron chi connectivity index (χ0n) is 9.52. The van der Waals surface area contributed by atoms with Gasteiger partial charge in [0.25, 0.3) is 0 Å². The Morgan fingerprint density at radius 3 is 2.40 bits per heavy atom. The molecule has 5 heteroatoms. The highest BCUT2D eigenvalue weighted by atomic mass is 16.5. The maximum Gasteiger partial charge on any atom is 0.326 e. The molecule has 0 saturated carbocycles. The largest absolute Gasteiger partial charge is 0.480 e. The fourth-order valence-electron chi connectivity index (χ4n) is 1.27. The number of carbonyl (C=O) groups is 2. The molecule has 0 aliphatic carbocycles. The zero-order chi connectivity index (χ0) is 11.8. The minimum Gasteiger partial charge on any atom is -0.480 e. The van der Waals surface area contributed by atoms with E-state index in [-0.39, 0.29) is 12.3 Å². The van der Waals surface area contributed by atoms with Crippen LogP contribution in [0.5, 0.6) is 0 Å². The molecule has 5 nitrogen and oxygen atoms in total. The molecule has 1 amide bonds. The standard InChI is InChI=1S/C10H19NO4/c1-4-8(10(13)14)11(3)9(12)6-7-15-5-2/h8H,4-7H2,1-3H3,(H,13,14). The lowest BCUT2D eigenvalue weighted by atomic mass is 10.2. The number of ether oxygens (including phenoxy) is 1. The van der Waals surface area contributed by atoms with E-state index < -0.39 is 12.0 Å². The van der Waals surface area contributed by atoms with E-state index in [0.717, 1.165) is 0 Å². The summed E-state index contributed by atoms with van der Waals surface area (Å²) in [6, 6.07) is -0.737. The van der Waals surface area contributed by atoms with Crippen molar-refractivity contribution in [2.45, 2.75) is 32.7 Å². The summed E-state index contributed by atoms with van der Waals surface area (Å²) >= 11 is 0. The minimum absolute atomic E-state index is 0.197. The van der Waals surface area contributed by atoms with Crippen molar-refractivity contribution in [3.8, 4) is 0 Å². The first kappa shape index (κ1) is 13.9. The number of hydrogen-bond donors (Lipinski definition) is 1. The summed E-state index contributed by atoms with van der Waals surface area (Å²) in [5, 5.41) is 8.84. The molecule has 0 aliphatic rings. The Bertz CT molecular complexity index is 217. The van der Waals surface area contributed by atoms with Crippen LogP contribution in [0.4, 0.5) is 0 Å². The first-order chi connectivity index (χ1) is 7.04. The van der Waals surface area contributed by atoms with Crippen LogP contribution in [0, 0.1) is 0 Å². The van der Waals surface area contributed by atoms with Gasteiger partial charge in [-0.2, -0.15) is 0 Å². The second-order valence-corrected chi connectivity index (χ2v) is 3.21. The van der Waals surface area contributed by atoms with Gasteiger partial charge in [0.2, 0.25) is 5.91 Å². The first-order valence-corrected chi connectivity index (χ1v) is 5.10. The number of carboxylic acid groups (broad SMARTS) is 1. The van der Waals surface area contributed by atoms with Gasteiger partial charge in [0, 0.05) is 13.7 Å².